The van der Waals surface area contributed by atoms with Crippen molar-refractivity contribution in [1.82, 2.24) is 0 Å². The minimum atomic E-state index is -0.0719. The van der Waals surface area contributed by atoms with Gasteiger partial charge in [0.15, 0.2) is 0 Å². The van der Waals surface area contributed by atoms with Gasteiger partial charge in [-0.05, 0) is 78.2 Å². The van der Waals surface area contributed by atoms with Crippen LogP contribution in [0.2, 0.25) is 0 Å². The Morgan fingerprint density at radius 1 is 0.759 bits per heavy atom. The van der Waals surface area contributed by atoms with Gasteiger partial charge in [-0.2, -0.15) is 0 Å². The fraction of sp³-hybridized carbons (Fsp3) is 0.571. The molecule has 2 fully saturated rings. The summed E-state index contributed by atoms with van der Waals surface area (Å²) in [6.45, 7) is 4.91. The van der Waals surface area contributed by atoms with Gasteiger partial charge in [-0.15, -0.1) is 0 Å². The highest BCUT2D eigenvalue weighted by Gasteiger charge is 2.52. The lowest BCUT2D eigenvalue weighted by Crippen LogP contribution is -2.34. The first-order valence-electron chi connectivity index (χ1n) is 12.3. The van der Waals surface area contributed by atoms with Crippen LogP contribution in [0.4, 0.5) is 0 Å². The van der Waals surface area contributed by atoms with Crippen molar-refractivity contribution in [3.05, 3.63) is 59.2 Å². The predicted octanol–water partition coefficient (Wildman–Crippen LogP) is 8.78. The quantitative estimate of drug-likeness (QED) is 0.447. The van der Waals surface area contributed by atoms with E-state index in [0.29, 0.717) is 0 Å². The Kier molecular flexibility index (Phi) is 5.59. The van der Waals surface area contributed by atoms with Crippen LogP contribution in [0.15, 0.2) is 42.5 Å². The molecule has 0 amide bonds. The Bertz CT molecular complexity index is 838. The molecular formula is C28H37P. The van der Waals surface area contributed by atoms with Gasteiger partial charge in [-0.1, -0.05) is 95.8 Å². The van der Waals surface area contributed by atoms with Gasteiger partial charge in [-0.3, -0.25) is 0 Å². The van der Waals surface area contributed by atoms with Crippen LogP contribution in [-0.4, -0.2) is 11.3 Å². The van der Waals surface area contributed by atoms with Gasteiger partial charge in [-0.25, -0.2) is 0 Å². The van der Waals surface area contributed by atoms with Crippen LogP contribution in [0, 0.1) is 6.92 Å². The fourth-order valence-corrected chi connectivity index (χ4v) is 12.2. The highest BCUT2D eigenvalue weighted by molar-refractivity contribution is 7.60. The second-order valence-electron chi connectivity index (χ2n) is 9.75. The van der Waals surface area contributed by atoms with E-state index in [4.69, 9.17) is 0 Å². The molecule has 0 aromatic heterocycles. The van der Waals surface area contributed by atoms with Crippen LogP contribution in [-0.2, 0) is 5.16 Å². The first-order chi connectivity index (χ1) is 14.3. The van der Waals surface area contributed by atoms with Gasteiger partial charge >= 0.3 is 0 Å². The maximum atomic E-state index is 2.51. The molecule has 3 aliphatic rings. The molecule has 1 heteroatoms. The van der Waals surface area contributed by atoms with Crippen molar-refractivity contribution in [3.63, 3.8) is 0 Å². The van der Waals surface area contributed by atoms with Crippen LogP contribution in [0.3, 0.4) is 0 Å². The van der Waals surface area contributed by atoms with Gasteiger partial charge in [0.2, 0.25) is 0 Å². The molecule has 2 aromatic rings. The number of fused-ring (bicyclic) bond motifs is 3. The molecule has 3 aliphatic carbocycles. The maximum Gasteiger partial charge on any atom is 0.0418 e. The minimum Gasteiger partial charge on any atom is -0.0846 e. The van der Waals surface area contributed by atoms with Crippen LogP contribution in [0.25, 0.3) is 11.1 Å². The number of hydrogen-bond acceptors (Lipinski definition) is 0. The first-order valence-corrected chi connectivity index (χ1v) is 13.7. The van der Waals surface area contributed by atoms with Gasteiger partial charge in [0.25, 0.3) is 0 Å². The van der Waals surface area contributed by atoms with E-state index in [9.17, 15) is 0 Å². The molecule has 1 unspecified atom stereocenters. The molecule has 2 aromatic carbocycles. The van der Waals surface area contributed by atoms with Crippen molar-refractivity contribution >= 4 is 7.92 Å². The van der Waals surface area contributed by atoms with Crippen LogP contribution in [0.5, 0.6) is 0 Å². The summed E-state index contributed by atoms with van der Waals surface area (Å²) < 4.78 is 0. The Morgan fingerprint density at radius 2 is 1.34 bits per heavy atom. The zero-order valence-electron chi connectivity index (χ0n) is 18.4. The van der Waals surface area contributed by atoms with E-state index in [1.54, 1.807) is 27.8 Å². The Labute approximate surface area is 179 Å². The largest absolute Gasteiger partial charge is 0.0846 e. The molecule has 154 valence electrons. The van der Waals surface area contributed by atoms with Crippen molar-refractivity contribution in [2.75, 3.05) is 0 Å². The number of rotatable bonds is 4. The molecule has 0 saturated heterocycles. The Balaban J connectivity index is 1.74. The van der Waals surface area contributed by atoms with Crippen molar-refractivity contribution < 1.29 is 0 Å². The van der Waals surface area contributed by atoms with Crippen LogP contribution < -0.4 is 0 Å². The third-order valence-corrected chi connectivity index (χ3v) is 12.5. The summed E-state index contributed by atoms with van der Waals surface area (Å²) in [6, 6.07) is 16.6. The Morgan fingerprint density at radius 3 is 1.97 bits per heavy atom. The topological polar surface area (TPSA) is 0 Å². The molecule has 0 spiro atoms. The Hall–Kier alpha value is -1.13. The smallest absolute Gasteiger partial charge is 0.0418 e. The second kappa shape index (κ2) is 8.19. The lowest BCUT2D eigenvalue weighted by Gasteiger charge is -2.50. The summed E-state index contributed by atoms with van der Waals surface area (Å²) in [6.07, 6.45) is 16.1. The standard InChI is InChI=1S/C28H37P/c1-3-28(29(22-14-6-4-7-15-22)23-16-8-5-9-17-23)26-20-11-10-18-24(26)25-19-12-13-21(2)27(25)28/h10-13,18-20,22-23H,3-9,14-17H2,1-2H3. The maximum absolute atomic E-state index is 2.51. The van der Waals surface area contributed by atoms with Gasteiger partial charge < -0.3 is 0 Å². The average molecular weight is 405 g/mol. The van der Waals surface area contributed by atoms with Crippen molar-refractivity contribution in [2.24, 2.45) is 0 Å². The molecule has 5 rings (SSSR count). The van der Waals surface area contributed by atoms with E-state index in [1.165, 1.54) is 70.6 Å². The van der Waals surface area contributed by atoms with Crippen molar-refractivity contribution in [1.29, 1.82) is 0 Å². The molecule has 0 aliphatic heterocycles. The molecule has 0 N–H and O–H groups in total. The first kappa shape index (κ1) is 19.8. The van der Waals surface area contributed by atoms with Crippen molar-refractivity contribution in [2.45, 2.75) is 101 Å². The molecule has 0 heterocycles. The van der Waals surface area contributed by atoms with E-state index in [0.717, 1.165) is 11.3 Å². The summed E-state index contributed by atoms with van der Waals surface area (Å²) in [4.78, 5) is 0. The SMILES string of the molecule is CCC1(P(C2CCCCC2)C2CCCCC2)c2ccccc2-c2cccc(C)c21. The minimum absolute atomic E-state index is 0.0719. The molecule has 2 saturated carbocycles. The lowest BCUT2D eigenvalue weighted by molar-refractivity contribution is 0.473. The van der Waals surface area contributed by atoms with Gasteiger partial charge in [0.1, 0.15) is 0 Å². The summed E-state index contributed by atoms with van der Waals surface area (Å²) in [7, 11) is -0.0719. The van der Waals surface area contributed by atoms with E-state index in [2.05, 4.69) is 56.3 Å². The van der Waals surface area contributed by atoms with Gasteiger partial charge in [0.05, 0.1) is 0 Å². The van der Waals surface area contributed by atoms with Crippen LogP contribution in [0.1, 0.15) is 94.2 Å². The number of hydrogen-bond donors (Lipinski definition) is 0. The fourth-order valence-electron chi connectivity index (χ4n) is 7.11. The zero-order valence-corrected chi connectivity index (χ0v) is 19.3. The molecule has 0 radical (unpaired) electrons. The monoisotopic (exact) mass is 404 g/mol. The summed E-state index contributed by atoms with van der Waals surface area (Å²) in [5, 5.41) is 0.288. The third-order valence-electron chi connectivity index (χ3n) is 8.24. The molecule has 0 nitrogen and oxygen atoms in total. The van der Waals surface area contributed by atoms with Gasteiger partial charge in [0, 0.05) is 5.16 Å². The van der Waals surface area contributed by atoms with Crippen LogP contribution >= 0.6 is 7.92 Å². The zero-order chi connectivity index (χ0) is 19.8. The highest BCUT2D eigenvalue weighted by atomic mass is 31.1. The van der Waals surface area contributed by atoms with E-state index in [1.807, 2.05) is 0 Å². The summed E-state index contributed by atoms with van der Waals surface area (Å²) in [5.74, 6) is 0. The van der Waals surface area contributed by atoms with E-state index < -0.39 is 0 Å². The molecule has 29 heavy (non-hydrogen) atoms. The van der Waals surface area contributed by atoms with Crippen molar-refractivity contribution in [3.8, 4) is 11.1 Å². The second-order valence-corrected chi connectivity index (χ2v) is 12.8. The highest BCUT2D eigenvalue weighted by Crippen LogP contribution is 2.74. The summed E-state index contributed by atoms with van der Waals surface area (Å²) >= 11 is 0. The van der Waals surface area contributed by atoms with E-state index >= 15 is 0 Å². The number of benzene rings is 2. The molecule has 0 bridgehead atoms. The summed E-state index contributed by atoms with van der Waals surface area (Å²) in [5.41, 5.74) is 10.0. The predicted molar refractivity (Wildman–Crippen MR) is 128 cm³/mol. The number of aryl methyl sites for hydroxylation is 1. The molecular weight excluding hydrogens is 367 g/mol. The molecule has 1 atom stereocenters. The normalized spacial score (nSPS) is 25.2. The third kappa shape index (κ3) is 3.13. The van der Waals surface area contributed by atoms with E-state index in [-0.39, 0.29) is 13.1 Å². The average Bonchev–Trinajstić information content (AvgIpc) is 3.08. The lowest BCUT2D eigenvalue weighted by atomic mass is 9.90.